The van der Waals surface area contributed by atoms with E-state index in [1.165, 1.54) is 12.1 Å². The largest absolute Gasteiger partial charge is 0.489 e. The molecule has 0 saturated carbocycles. The number of halogens is 1. The highest BCUT2D eigenvalue weighted by atomic mass is 19.1. The van der Waals surface area contributed by atoms with E-state index in [0.29, 0.717) is 18.7 Å². The Labute approximate surface area is 123 Å². The monoisotopic (exact) mass is 287 g/mol. The van der Waals surface area contributed by atoms with Crippen LogP contribution in [-0.4, -0.2) is 10.9 Å². The van der Waals surface area contributed by atoms with Crippen molar-refractivity contribution in [3.8, 4) is 5.75 Å². The minimum Gasteiger partial charge on any atom is -0.489 e. The van der Waals surface area contributed by atoms with E-state index in [0.717, 1.165) is 23.3 Å². The molecule has 1 N–H and O–H groups in total. The molecule has 110 valence electrons. The molecular formula is C17H18FNO2. The van der Waals surface area contributed by atoms with Gasteiger partial charge in [0.15, 0.2) is 0 Å². The van der Waals surface area contributed by atoms with Crippen molar-refractivity contribution in [1.29, 1.82) is 0 Å². The van der Waals surface area contributed by atoms with Crippen LogP contribution in [0.3, 0.4) is 0 Å². The number of aryl methyl sites for hydroxylation is 1. The maximum Gasteiger partial charge on any atom is 0.123 e. The standard InChI is InChI=1S/C17H18FNO2/c1-13(19-20)5-6-14-3-2-4-17(11-14)21-12-15-7-9-16(18)10-8-15/h2-4,7-11,20H,5-6,12H2,1H3/b19-13+. The molecule has 0 atom stereocenters. The smallest absolute Gasteiger partial charge is 0.123 e. The van der Waals surface area contributed by atoms with E-state index in [4.69, 9.17) is 9.94 Å². The summed E-state index contributed by atoms with van der Waals surface area (Å²) in [4.78, 5) is 0. The summed E-state index contributed by atoms with van der Waals surface area (Å²) < 4.78 is 18.5. The summed E-state index contributed by atoms with van der Waals surface area (Å²) in [6.45, 7) is 2.19. The zero-order valence-electron chi connectivity index (χ0n) is 11.9. The van der Waals surface area contributed by atoms with E-state index in [1.807, 2.05) is 24.3 Å². The number of hydrogen-bond donors (Lipinski definition) is 1. The third kappa shape index (κ3) is 4.91. The van der Waals surface area contributed by atoms with Crippen molar-refractivity contribution in [3.63, 3.8) is 0 Å². The Hall–Kier alpha value is -2.36. The van der Waals surface area contributed by atoms with Gasteiger partial charge in [-0.3, -0.25) is 0 Å². The molecular weight excluding hydrogens is 269 g/mol. The minimum atomic E-state index is -0.248. The fourth-order valence-electron chi connectivity index (χ4n) is 1.91. The molecule has 0 spiro atoms. The zero-order valence-corrected chi connectivity index (χ0v) is 11.9. The SMILES string of the molecule is C/C(CCc1cccc(OCc2ccc(F)cc2)c1)=N\O. The molecule has 0 aliphatic heterocycles. The van der Waals surface area contributed by atoms with Gasteiger partial charge >= 0.3 is 0 Å². The average Bonchev–Trinajstić information content (AvgIpc) is 2.52. The molecule has 21 heavy (non-hydrogen) atoms. The van der Waals surface area contributed by atoms with Gasteiger partial charge in [-0.15, -0.1) is 0 Å². The normalized spacial score (nSPS) is 11.4. The van der Waals surface area contributed by atoms with Crippen LogP contribution < -0.4 is 4.74 Å². The van der Waals surface area contributed by atoms with E-state index in [1.54, 1.807) is 19.1 Å². The van der Waals surface area contributed by atoms with Gasteiger partial charge in [0.05, 0.1) is 5.71 Å². The summed E-state index contributed by atoms with van der Waals surface area (Å²) in [7, 11) is 0. The van der Waals surface area contributed by atoms with Gasteiger partial charge in [-0.1, -0.05) is 29.4 Å². The van der Waals surface area contributed by atoms with E-state index in [-0.39, 0.29) is 5.82 Å². The summed E-state index contributed by atoms with van der Waals surface area (Å²) in [6, 6.07) is 14.1. The van der Waals surface area contributed by atoms with Gasteiger partial charge in [0, 0.05) is 0 Å². The number of hydrogen-bond acceptors (Lipinski definition) is 3. The number of nitrogens with zero attached hydrogens (tertiary/aromatic N) is 1. The first-order valence-corrected chi connectivity index (χ1v) is 6.81. The highest BCUT2D eigenvalue weighted by Gasteiger charge is 2.00. The maximum absolute atomic E-state index is 12.8. The van der Waals surface area contributed by atoms with Crippen LogP contribution in [0.5, 0.6) is 5.75 Å². The van der Waals surface area contributed by atoms with Crippen LogP contribution in [0.25, 0.3) is 0 Å². The van der Waals surface area contributed by atoms with Crippen molar-refractivity contribution >= 4 is 5.71 Å². The number of oxime groups is 1. The number of ether oxygens (including phenoxy) is 1. The summed E-state index contributed by atoms with van der Waals surface area (Å²) in [5.74, 6) is 0.525. The predicted octanol–water partition coefficient (Wildman–Crippen LogP) is 4.19. The molecule has 2 aromatic rings. The second kappa shape index (κ2) is 7.43. The van der Waals surface area contributed by atoms with Crippen LogP contribution >= 0.6 is 0 Å². The lowest BCUT2D eigenvalue weighted by atomic mass is 10.1. The van der Waals surface area contributed by atoms with Crippen LogP contribution in [0.1, 0.15) is 24.5 Å². The number of benzene rings is 2. The molecule has 0 unspecified atom stereocenters. The van der Waals surface area contributed by atoms with Crippen molar-refractivity contribution in [3.05, 3.63) is 65.5 Å². The Morgan fingerprint density at radius 1 is 1.14 bits per heavy atom. The first-order valence-electron chi connectivity index (χ1n) is 6.81. The Morgan fingerprint density at radius 3 is 2.62 bits per heavy atom. The summed E-state index contributed by atoms with van der Waals surface area (Å²) in [5.41, 5.74) is 2.74. The quantitative estimate of drug-likeness (QED) is 0.492. The summed E-state index contributed by atoms with van der Waals surface area (Å²) in [5, 5.41) is 11.8. The van der Waals surface area contributed by atoms with E-state index < -0.39 is 0 Å². The van der Waals surface area contributed by atoms with Gasteiger partial charge in [-0.25, -0.2) is 4.39 Å². The number of rotatable bonds is 6. The highest BCUT2D eigenvalue weighted by molar-refractivity contribution is 5.81. The molecule has 0 aliphatic rings. The predicted molar refractivity (Wildman–Crippen MR) is 80.4 cm³/mol. The molecule has 0 fully saturated rings. The van der Waals surface area contributed by atoms with Gasteiger partial charge in [-0.2, -0.15) is 0 Å². The van der Waals surface area contributed by atoms with Gasteiger partial charge in [0.2, 0.25) is 0 Å². The molecule has 0 aliphatic carbocycles. The van der Waals surface area contributed by atoms with Crippen LogP contribution in [0.15, 0.2) is 53.7 Å². The average molecular weight is 287 g/mol. The lowest BCUT2D eigenvalue weighted by Crippen LogP contribution is -1.98. The van der Waals surface area contributed by atoms with E-state index in [2.05, 4.69) is 5.16 Å². The van der Waals surface area contributed by atoms with Crippen molar-refractivity contribution in [2.24, 2.45) is 5.16 Å². The second-order valence-electron chi connectivity index (χ2n) is 4.90. The van der Waals surface area contributed by atoms with Crippen molar-refractivity contribution in [2.75, 3.05) is 0 Å². The van der Waals surface area contributed by atoms with Gasteiger partial charge in [0.1, 0.15) is 18.2 Å². The maximum atomic E-state index is 12.8. The van der Waals surface area contributed by atoms with Crippen molar-refractivity contribution in [1.82, 2.24) is 0 Å². The highest BCUT2D eigenvalue weighted by Crippen LogP contribution is 2.16. The van der Waals surface area contributed by atoms with E-state index >= 15 is 0 Å². The minimum absolute atomic E-state index is 0.248. The van der Waals surface area contributed by atoms with Crippen LogP contribution in [0.2, 0.25) is 0 Å². The summed E-state index contributed by atoms with van der Waals surface area (Å²) >= 11 is 0. The van der Waals surface area contributed by atoms with Crippen LogP contribution in [0, 0.1) is 5.82 Å². The topological polar surface area (TPSA) is 41.8 Å². The van der Waals surface area contributed by atoms with Crippen molar-refractivity contribution in [2.45, 2.75) is 26.4 Å². The molecule has 0 heterocycles. The lowest BCUT2D eigenvalue weighted by Gasteiger charge is -2.08. The second-order valence-corrected chi connectivity index (χ2v) is 4.90. The molecule has 0 saturated heterocycles. The summed E-state index contributed by atoms with van der Waals surface area (Å²) in [6.07, 6.45) is 1.50. The van der Waals surface area contributed by atoms with Gasteiger partial charge in [-0.05, 0) is 55.2 Å². The molecule has 3 nitrogen and oxygen atoms in total. The van der Waals surface area contributed by atoms with E-state index in [9.17, 15) is 4.39 Å². The first-order chi connectivity index (χ1) is 10.2. The molecule has 4 heteroatoms. The Balaban J connectivity index is 1.93. The Morgan fingerprint density at radius 2 is 1.90 bits per heavy atom. The molecule has 0 amide bonds. The zero-order chi connectivity index (χ0) is 15.1. The van der Waals surface area contributed by atoms with Crippen LogP contribution in [-0.2, 0) is 13.0 Å². The third-order valence-corrected chi connectivity index (χ3v) is 3.16. The first kappa shape index (κ1) is 15.0. The fraction of sp³-hybridized carbons (Fsp3) is 0.235. The van der Waals surface area contributed by atoms with Gasteiger partial charge in [0.25, 0.3) is 0 Å². The molecule has 2 rings (SSSR count). The Kier molecular flexibility index (Phi) is 5.32. The van der Waals surface area contributed by atoms with Crippen LogP contribution in [0.4, 0.5) is 4.39 Å². The third-order valence-electron chi connectivity index (χ3n) is 3.16. The van der Waals surface area contributed by atoms with Crippen molar-refractivity contribution < 1.29 is 14.3 Å². The Bertz CT molecular complexity index is 608. The molecule has 0 radical (unpaired) electrons. The van der Waals surface area contributed by atoms with Gasteiger partial charge < -0.3 is 9.94 Å². The fourth-order valence-corrected chi connectivity index (χ4v) is 1.91. The molecule has 0 bridgehead atoms. The molecule has 0 aromatic heterocycles. The lowest BCUT2D eigenvalue weighted by molar-refractivity contribution is 0.305. The molecule has 2 aromatic carbocycles.